The summed E-state index contributed by atoms with van der Waals surface area (Å²) in [6.45, 7) is 8.49. The molecule has 0 radical (unpaired) electrons. The molecule has 5 rings (SSSR count). The Kier molecular flexibility index (Phi) is 6.45. The van der Waals surface area contributed by atoms with Gasteiger partial charge in [-0.05, 0) is 73.6 Å². The molecule has 3 aromatic rings. The number of carbonyl (C=O) groups is 1. The van der Waals surface area contributed by atoms with Crippen LogP contribution in [-0.2, 0) is 14.0 Å². The van der Waals surface area contributed by atoms with E-state index in [0.717, 1.165) is 11.2 Å². The zero-order valence-electron chi connectivity index (χ0n) is 21.2. The van der Waals surface area contributed by atoms with E-state index in [1.54, 1.807) is 6.20 Å². The maximum absolute atomic E-state index is 12.8. The van der Waals surface area contributed by atoms with Gasteiger partial charge in [-0.15, -0.1) is 0 Å². The minimum atomic E-state index is -0.606. The van der Waals surface area contributed by atoms with Crippen LogP contribution in [0.25, 0.3) is 17.2 Å². The zero-order chi connectivity index (χ0) is 25.3. The van der Waals surface area contributed by atoms with Crippen molar-refractivity contribution in [2.75, 3.05) is 13.2 Å². The second kappa shape index (κ2) is 9.56. The lowest BCUT2D eigenvalue weighted by Crippen LogP contribution is -2.41. The monoisotopic (exact) mass is 482 g/mol. The molecular formula is C29H31BN2O4. The molecule has 0 bridgehead atoms. The number of ether oxygens (including phenoxy) is 1. The van der Waals surface area contributed by atoms with Gasteiger partial charge in [0.05, 0.1) is 16.9 Å². The maximum atomic E-state index is 12.8. The number of carbonyl (C=O) groups excluding carboxylic acids is 1. The van der Waals surface area contributed by atoms with Gasteiger partial charge in [-0.1, -0.05) is 54.6 Å². The molecule has 0 saturated carbocycles. The molecule has 7 heteroatoms. The number of rotatable bonds is 6. The number of alkyl carbamates (subject to hydrolysis) is 1. The highest BCUT2D eigenvalue weighted by Gasteiger charge is 2.52. The summed E-state index contributed by atoms with van der Waals surface area (Å²) >= 11 is 0. The van der Waals surface area contributed by atoms with E-state index in [-0.39, 0.29) is 19.1 Å². The Hall–Kier alpha value is -3.42. The van der Waals surface area contributed by atoms with E-state index in [1.165, 1.54) is 22.3 Å². The van der Waals surface area contributed by atoms with Crippen LogP contribution in [0, 0.1) is 0 Å². The van der Waals surface area contributed by atoms with Gasteiger partial charge in [0.25, 0.3) is 0 Å². The number of benzene rings is 2. The van der Waals surface area contributed by atoms with Crippen molar-refractivity contribution in [3.8, 4) is 11.1 Å². The summed E-state index contributed by atoms with van der Waals surface area (Å²) in [6, 6.07) is 22.3. The number of fused-ring (bicyclic) bond motifs is 3. The molecular weight excluding hydrogens is 451 g/mol. The summed E-state index contributed by atoms with van der Waals surface area (Å²) in [5.74, 6) is 0.00905. The van der Waals surface area contributed by atoms with Gasteiger partial charge in [0.15, 0.2) is 0 Å². The molecule has 184 valence electrons. The highest BCUT2D eigenvalue weighted by atomic mass is 16.7. The average molecular weight is 482 g/mol. The van der Waals surface area contributed by atoms with Crippen LogP contribution in [0.1, 0.15) is 50.4 Å². The smallest absolute Gasteiger partial charge is 0.449 e. The molecule has 1 aliphatic heterocycles. The Bertz CT molecular complexity index is 1230. The highest BCUT2D eigenvalue weighted by Crippen LogP contribution is 2.44. The van der Waals surface area contributed by atoms with Crippen LogP contribution >= 0.6 is 0 Å². The molecule has 1 fully saturated rings. The van der Waals surface area contributed by atoms with E-state index >= 15 is 0 Å². The van der Waals surface area contributed by atoms with Gasteiger partial charge in [-0.25, -0.2) is 4.79 Å². The van der Waals surface area contributed by atoms with Crippen LogP contribution in [0.15, 0.2) is 78.4 Å². The Morgan fingerprint density at radius 2 is 1.53 bits per heavy atom. The average Bonchev–Trinajstić information content (AvgIpc) is 3.30. The number of pyridine rings is 1. The van der Waals surface area contributed by atoms with Crippen molar-refractivity contribution in [3.63, 3.8) is 0 Å². The Morgan fingerprint density at radius 1 is 0.944 bits per heavy atom. The highest BCUT2D eigenvalue weighted by molar-refractivity contribution is 6.56. The molecule has 36 heavy (non-hydrogen) atoms. The maximum Gasteiger partial charge on any atom is 0.492 e. The Morgan fingerprint density at radius 3 is 2.11 bits per heavy atom. The second-order valence-corrected chi connectivity index (χ2v) is 10.2. The van der Waals surface area contributed by atoms with Gasteiger partial charge in [-0.3, -0.25) is 4.98 Å². The topological polar surface area (TPSA) is 69.7 Å². The SMILES string of the molecule is CC1(C)OB(C(=Cc2ccccn2)CNC(=O)OCC2c3ccccc3-c3ccccc32)OC1(C)C. The van der Waals surface area contributed by atoms with Crippen LogP contribution in [0.5, 0.6) is 0 Å². The van der Waals surface area contributed by atoms with Gasteiger partial charge in [0, 0.05) is 18.7 Å². The third-order valence-corrected chi connectivity index (χ3v) is 7.36. The summed E-state index contributed by atoms with van der Waals surface area (Å²) < 4.78 is 18.2. The minimum Gasteiger partial charge on any atom is -0.449 e. The van der Waals surface area contributed by atoms with Crippen LogP contribution in [0.2, 0.25) is 0 Å². The van der Waals surface area contributed by atoms with E-state index in [4.69, 9.17) is 14.0 Å². The van der Waals surface area contributed by atoms with Crippen LogP contribution in [-0.4, -0.2) is 42.5 Å². The standard InChI is InChI=1S/C29H31BN2O4/c1-28(2)29(3,4)36-30(35-28)20(17-21-11-9-10-16-31-21)18-32-27(33)34-19-26-24-14-7-5-12-22(24)23-13-6-8-15-25(23)26/h5-17,26H,18-19H2,1-4H3,(H,32,33). The van der Waals surface area contributed by atoms with Crippen molar-refractivity contribution in [2.24, 2.45) is 0 Å². The van der Waals surface area contributed by atoms with Crippen molar-refractivity contribution in [3.05, 3.63) is 95.2 Å². The summed E-state index contributed by atoms with van der Waals surface area (Å²) in [5.41, 5.74) is 5.29. The van der Waals surface area contributed by atoms with Crippen molar-refractivity contribution < 1.29 is 18.8 Å². The molecule has 1 saturated heterocycles. The van der Waals surface area contributed by atoms with E-state index in [0.29, 0.717) is 0 Å². The summed E-state index contributed by atoms with van der Waals surface area (Å²) in [5, 5.41) is 2.89. The molecule has 2 aromatic carbocycles. The summed E-state index contributed by atoms with van der Waals surface area (Å²) in [4.78, 5) is 17.2. The van der Waals surface area contributed by atoms with Crippen molar-refractivity contribution >= 4 is 19.3 Å². The number of hydrogen-bond donors (Lipinski definition) is 1. The van der Waals surface area contributed by atoms with Crippen molar-refractivity contribution in [1.82, 2.24) is 10.3 Å². The lowest BCUT2D eigenvalue weighted by molar-refractivity contribution is 0.00578. The van der Waals surface area contributed by atoms with E-state index in [9.17, 15) is 4.79 Å². The molecule has 2 aliphatic rings. The molecule has 1 aromatic heterocycles. The number of hydrogen-bond acceptors (Lipinski definition) is 5. The van der Waals surface area contributed by atoms with Crippen molar-refractivity contribution in [2.45, 2.75) is 44.8 Å². The van der Waals surface area contributed by atoms with E-state index < -0.39 is 24.4 Å². The largest absolute Gasteiger partial charge is 0.492 e. The molecule has 1 aliphatic carbocycles. The first-order valence-electron chi connectivity index (χ1n) is 12.3. The first kappa shape index (κ1) is 24.3. The van der Waals surface area contributed by atoms with Crippen LogP contribution in [0.4, 0.5) is 4.79 Å². The molecule has 2 heterocycles. The van der Waals surface area contributed by atoms with Crippen LogP contribution < -0.4 is 5.32 Å². The summed E-state index contributed by atoms with van der Waals surface area (Å²) in [7, 11) is -0.606. The Labute approximate surface area is 212 Å². The third-order valence-electron chi connectivity index (χ3n) is 7.36. The fourth-order valence-electron chi connectivity index (χ4n) is 4.67. The fourth-order valence-corrected chi connectivity index (χ4v) is 4.67. The second-order valence-electron chi connectivity index (χ2n) is 10.2. The first-order chi connectivity index (χ1) is 17.2. The molecule has 1 N–H and O–H groups in total. The van der Waals surface area contributed by atoms with Gasteiger partial charge in [-0.2, -0.15) is 0 Å². The molecule has 1 amide bonds. The Balaban J connectivity index is 1.28. The van der Waals surface area contributed by atoms with Gasteiger partial charge in [0.1, 0.15) is 6.61 Å². The molecule has 0 unspecified atom stereocenters. The van der Waals surface area contributed by atoms with Gasteiger partial charge < -0.3 is 19.4 Å². The first-order valence-corrected chi connectivity index (χ1v) is 12.3. The third kappa shape index (κ3) is 4.69. The lowest BCUT2D eigenvalue weighted by Gasteiger charge is -2.32. The number of nitrogens with one attached hydrogen (secondary N) is 1. The number of amides is 1. The molecule has 6 nitrogen and oxygen atoms in total. The number of aromatic nitrogens is 1. The predicted molar refractivity (Wildman–Crippen MR) is 141 cm³/mol. The van der Waals surface area contributed by atoms with Crippen molar-refractivity contribution in [1.29, 1.82) is 0 Å². The molecule has 0 atom stereocenters. The number of nitrogens with zero attached hydrogens (tertiary/aromatic N) is 1. The minimum absolute atomic E-state index is 0.00905. The fraction of sp³-hybridized carbons (Fsp3) is 0.310. The quantitative estimate of drug-likeness (QED) is 0.461. The van der Waals surface area contributed by atoms with Gasteiger partial charge in [0.2, 0.25) is 0 Å². The normalized spacial score (nSPS) is 18.0. The van der Waals surface area contributed by atoms with Crippen LogP contribution in [0.3, 0.4) is 0 Å². The van der Waals surface area contributed by atoms with E-state index in [2.05, 4.69) is 34.6 Å². The predicted octanol–water partition coefficient (Wildman–Crippen LogP) is 5.64. The molecule has 0 spiro atoms. The van der Waals surface area contributed by atoms with Gasteiger partial charge >= 0.3 is 13.2 Å². The van der Waals surface area contributed by atoms with E-state index in [1.807, 2.05) is 76.2 Å². The zero-order valence-corrected chi connectivity index (χ0v) is 21.2. The lowest BCUT2D eigenvalue weighted by atomic mass is 9.77. The summed E-state index contributed by atoms with van der Waals surface area (Å²) in [6.07, 6.45) is 3.14.